The van der Waals surface area contributed by atoms with Crippen LogP contribution in [0.2, 0.25) is 0 Å². The third kappa shape index (κ3) is 3.30. The van der Waals surface area contributed by atoms with Gasteiger partial charge < -0.3 is 15.8 Å². The summed E-state index contributed by atoms with van der Waals surface area (Å²) in [5.74, 6) is 0.159. The van der Waals surface area contributed by atoms with E-state index in [9.17, 15) is 4.79 Å². The van der Waals surface area contributed by atoms with Crippen molar-refractivity contribution in [3.05, 3.63) is 33.8 Å². The van der Waals surface area contributed by atoms with E-state index in [1.54, 1.807) is 0 Å². The lowest BCUT2D eigenvalue weighted by Crippen LogP contribution is -2.36. The number of carbonyl (C=O) groups is 1. The molecule has 0 unspecified atom stereocenters. The van der Waals surface area contributed by atoms with E-state index >= 15 is 0 Å². The monoisotopic (exact) mass is 339 g/mol. The Labute approximate surface area is 126 Å². The predicted octanol–water partition coefficient (Wildman–Crippen LogP) is 2.50. The molecule has 1 aromatic carbocycles. The molecule has 0 atom stereocenters. The smallest absolute Gasteiger partial charge is 0.254 e. The molecule has 6 heteroatoms. The number of halogens is 1. The highest BCUT2D eigenvalue weighted by Gasteiger charge is 2.33. The molecule has 3 N–H and O–H groups in total. The van der Waals surface area contributed by atoms with Crippen LogP contribution in [0.15, 0.2) is 27.8 Å². The summed E-state index contributed by atoms with van der Waals surface area (Å²) in [6.45, 7) is 2.40. The van der Waals surface area contributed by atoms with Crippen molar-refractivity contribution in [2.45, 2.75) is 32.2 Å². The molecule has 0 spiro atoms. The number of hydrogen-bond acceptors (Lipinski definition) is 3. The molecule has 0 radical (unpaired) electrons. The van der Waals surface area contributed by atoms with Gasteiger partial charge in [0, 0.05) is 29.0 Å². The summed E-state index contributed by atoms with van der Waals surface area (Å²) in [5.41, 5.74) is 7.13. The van der Waals surface area contributed by atoms with Crippen molar-refractivity contribution in [2.75, 3.05) is 6.54 Å². The molecule has 0 aromatic heterocycles. The van der Waals surface area contributed by atoms with Gasteiger partial charge >= 0.3 is 0 Å². The zero-order chi connectivity index (χ0) is 14.7. The zero-order valence-electron chi connectivity index (χ0n) is 11.3. The Hall–Kier alpha value is -1.56. The van der Waals surface area contributed by atoms with Crippen LogP contribution in [0.4, 0.5) is 0 Å². The van der Waals surface area contributed by atoms with Crippen molar-refractivity contribution in [1.82, 2.24) is 4.90 Å². The fourth-order valence-corrected chi connectivity index (χ4v) is 2.48. The Morgan fingerprint density at radius 3 is 2.85 bits per heavy atom. The zero-order valence-corrected chi connectivity index (χ0v) is 12.9. The number of nitrogens with two attached hydrogens (primary N) is 1. The summed E-state index contributed by atoms with van der Waals surface area (Å²) < 4.78 is 0.926. The average molecular weight is 340 g/mol. The van der Waals surface area contributed by atoms with Gasteiger partial charge in [-0.1, -0.05) is 27.2 Å². The summed E-state index contributed by atoms with van der Waals surface area (Å²) >= 11 is 3.45. The van der Waals surface area contributed by atoms with Crippen LogP contribution in [-0.2, 0) is 0 Å². The Bertz CT molecular complexity index is 541. The minimum atomic E-state index is 0.0111. The van der Waals surface area contributed by atoms with Gasteiger partial charge in [-0.15, -0.1) is 0 Å². The predicted molar refractivity (Wildman–Crippen MR) is 81.0 cm³/mol. The number of rotatable bonds is 5. The third-order valence-electron chi connectivity index (χ3n) is 3.48. The Kier molecular flexibility index (Phi) is 4.65. The normalized spacial score (nSPS) is 15.2. The lowest BCUT2D eigenvalue weighted by molar-refractivity contribution is 0.0746. The molecule has 0 saturated heterocycles. The van der Waals surface area contributed by atoms with Crippen molar-refractivity contribution >= 4 is 27.7 Å². The maximum Gasteiger partial charge on any atom is 0.254 e. The fourth-order valence-electron chi connectivity index (χ4n) is 2.12. The minimum Gasteiger partial charge on any atom is -0.409 e. The molecular weight excluding hydrogens is 322 g/mol. The molecule has 1 fully saturated rings. The molecule has 5 nitrogen and oxygen atoms in total. The summed E-state index contributed by atoms with van der Waals surface area (Å²) in [6, 6.07) is 5.90. The van der Waals surface area contributed by atoms with Gasteiger partial charge in [0.15, 0.2) is 0 Å². The number of carbonyl (C=O) groups excluding carboxylic acids is 1. The van der Waals surface area contributed by atoms with E-state index in [0.717, 1.165) is 22.9 Å². The highest BCUT2D eigenvalue weighted by molar-refractivity contribution is 9.10. The first-order valence-corrected chi connectivity index (χ1v) is 7.36. The quantitative estimate of drug-likeness (QED) is 0.374. The number of benzene rings is 1. The van der Waals surface area contributed by atoms with Gasteiger partial charge in [0.25, 0.3) is 5.91 Å². The molecule has 1 aliphatic carbocycles. The fraction of sp³-hybridized carbons (Fsp3) is 0.429. The van der Waals surface area contributed by atoms with Crippen molar-refractivity contribution in [3.8, 4) is 0 Å². The van der Waals surface area contributed by atoms with Crippen molar-refractivity contribution in [2.24, 2.45) is 10.9 Å². The second-order valence-corrected chi connectivity index (χ2v) is 5.84. The molecule has 1 saturated carbocycles. The molecular formula is C14H18BrN3O2. The van der Waals surface area contributed by atoms with Crippen LogP contribution in [0.25, 0.3) is 0 Å². The summed E-state index contributed by atoms with van der Waals surface area (Å²) in [5, 5.41) is 11.5. The number of oxime groups is 1. The molecule has 1 aliphatic rings. The second-order valence-electron chi connectivity index (χ2n) is 4.98. The number of amides is 1. The van der Waals surface area contributed by atoms with Gasteiger partial charge in [0.1, 0.15) is 5.84 Å². The molecule has 0 aliphatic heterocycles. The van der Waals surface area contributed by atoms with E-state index in [4.69, 9.17) is 10.9 Å². The summed E-state index contributed by atoms with van der Waals surface area (Å²) in [6.07, 6.45) is 2.43. The van der Waals surface area contributed by atoms with Crippen molar-refractivity contribution < 1.29 is 10.0 Å². The van der Waals surface area contributed by atoms with E-state index in [0.29, 0.717) is 18.5 Å². The van der Waals surface area contributed by atoms with Gasteiger partial charge in [-0.05, 0) is 37.5 Å². The molecule has 1 aromatic rings. The molecule has 108 valence electrons. The third-order valence-corrected chi connectivity index (χ3v) is 4.34. The standard InChI is InChI=1S/C14H18BrN3O2/c1-9-11(3-2-4-12(9)15)14(19)18(10-5-6-10)8-7-13(16)17-20/h2-4,10,20H,5-8H2,1H3,(H2,16,17). The van der Waals surface area contributed by atoms with Crippen LogP contribution >= 0.6 is 15.9 Å². The van der Waals surface area contributed by atoms with Gasteiger partial charge in [-0.25, -0.2) is 0 Å². The topological polar surface area (TPSA) is 78.9 Å². The first-order chi connectivity index (χ1) is 9.54. The molecule has 0 bridgehead atoms. The maximum atomic E-state index is 12.7. The Balaban J connectivity index is 2.17. The molecule has 0 heterocycles. The first kappa shape index (κ1) is 14.8. The van der Waals surface area contributed by atoms with E-state index in [1.807, 2.05) is 30.0 Å². The van der Waals surface area contributed by atoms with Crippen LogP contribution in [0.5, 0.6) is 0 Å². The van der Waals surface area contributed by atoms with Crippen LogP contribution in [0.3, 0.4) is 0 Å². The SMILES string of the molecule is Cc1c(Br)cccc1C(=O)N(CCC(N)=NO)C1CC1. The number of nitrogens with zero attached hydrogens (tertiary/aromatic N) is 2. The molecule has 2 rings (SSSR count). The lowest BCUT2D eigenvalue weighted by atomic mass is 10.1. The summed E-state index contributed by atoms with van der Waals surface area (Å²) in [4.78, 5) is 14.5. The first-order valence-electron chi connectivity index (χ1n) is 6.57. The minimum absolute atomic E-state index is 0.0111. The highest BCUT2D eigenvalue weighted by Crippen LogP contribution is 2.30. The summed E-state index contributed by atoms with van der Waals surface area (Å²) in [7, 11) is 0. The number of hydrogen-bond donors (Lipinski definition) is 2. The average Bonchev–Trinajstić information content (AvgIpc) is 3.26. The van der Waals surface area contributed by atoms with E-state index < -0.39 is 0 Å². The molecule has 1 amide bonds. The van der Waals surface area contributed by atoms with E-state index in [2.05, 4.69) is 21.1 Å². The van der Waals surface area contributed by atoms with Crippen molar-refractivity contribution in [1.29, 1.82) is 0 Å². The number of amidine groups is 1. The van der Waals surface area contributed by atoms with E-state index in [1.165, 1.54) is 0 Å². The van der Waals surface area contributed by atoms with E-state index in [-0.39, 0.29) is 17.8 Å². The van der Waals surface area contributed by atoms with Crippen LogP contribution in [0, 0.1) is 6.92 Å². The van der Waals surface area contributed by atoms with Crippen molar-refractivity contribution in [3.63, 3.8) is 0 Å². The largest absolute Gasteiger partial charge is 0.409 e. The molecule has 20 heavy (non-hydrogen) atoms. The maximum absolute atomic E-state index is 12.7. The van der Waals surface area contributed by atoms with Crippen LogP contribution < -0.4 is 5.73 Å². The van der Waals surface area contributed by atoms with Crippen LogP contribution in [-0.4, -0.2) is 34.4 Å². The van der Waals surface area contributed by atoms with Gasteiger partial charge in [-0.2, -0.15) is 0 Å². The van der Waals surface area contributed by atoms with Gasteiger partial charge in [-0.3, -0.25) is 4.79 Å². The lowest BCUT2D eigenvalue weighted by Gasteiger charge is -2.23. The second kappa shape index (κ2) is 6.26. The Morgan fingerprint density at radius 1 is 1.55 bits per heavy atom. The van der Waals surface area contributed by atoms with Gasteiger partial charge in [0.2, 0.25) is 0 Å². The highest BCUT2D eigenvalue weighted by atomic mass is 79.9. The van der Waals surface area contributed by atoms with Crippen LogP contribution in [0.1, 0.15) is 35.2 Å². The van der Waals surface area contributed by atoms with Gasteiger partial charge in [0.05, 0.1) is 0 Å². The Morgan fingerprint density at radius 2 is 2.25 bits per heavy atom.